The highest BCUT2D eigenvalue weighted by molar-refractivity contribution is 7.07. The summed E-state index contributed by atoms with van der Waals surface area (Å²) < 4.78 is 16.7. The average molecular weight is 444 g/mol. The summed E-state index contributed by atoms with van der Waals surface area (Å²) in [4.78, 5) is 7.03. The second kappa shape index (κ2) is 9.27. The molecule has 4 heterocycles. The zero-order chi connectivity index (χ0) is 21.8. The van der Waals surface area contributed by atoms with Gasteiger partial charge in [0.15, 0.2) is 0 Å². The highest BCUT2D eigenvalue weighted by atomic mass is 32.1. The molecule has 7 heteroatoms. The van der Waals surface area contributed by atoms with E-state index in [1.807, 2.05) is 29.0 Å². The Kier molecular flexibility index (Phi) is 5.88. The van der Waals surface area contributed by atoms with Crippen molar-refractivity contribution in [1.29, 1.82) is 5.26 Å². The normalized spacial score (nSPS) is 13.7. The fourth-order valence-corrected chi connectivity index (χ4v) is 4.37. The molecule has 1 aliphatic rings. The van der Waals surface area contributed by atoms with Crippen LogP contribution in [0.15, 0.2) is 70.2 Å². The summed E-state index contributed by atoms with van der Waals surface area (Å²) in [6, 6.07) is 16.3. The molecule has 0 unspecified atom stereocenters. The molecule has 1 aromatic carbocycles. The highest BCUT2D eigenvalue weighted by Crippen LogP contribution is 2.34. The first-order valence-electron chi connectivity index (χ1n) is 10.4. The number of rotatable bonds is 6. The number of anilines is 1. The quantitative estimate of drug-likeness (QED) is 0.400. The van der Waals surface area contributed by atoms with Gasteiger partial charge in [0.25, 0.3) is 0 Å². The summed E-state index contributed by atoms with van der Waals surface area (Å²) in [7, 11) is 0. The minimum Gasteiger partial charge on any atom is -0.472 e. The van der Waals surface area contributed by atoms with Crippen LogP contribution in [0, 0.1) is 11.3 Å². The van der Waals surface area contributed by atoms with Crippen LogP contribution in [0.25, 0.3) is 22.4 Å². The van der Waals surface area contributed by atoms with E-state index in [1.165, 1.54) is 0 Å². The molecule has 0 bridgehead atoms. The first kappa shape index (κ1) is 20.3. The third-order valence-electron chi connectivity index (χ3n) is 5.43. The minimum atomic E-state index is 0.324. The lowest BCUT2D eigenvalue weighted by Gasteiger charge is -2.28. The average Bonchev–Trinajstić information content (AvgIpc) is 3.57. The van der Waals surface area contributed by atoms with Crippen LogP contribution in [-0.2, 0) is 11.3 Å². The monoisotopic (exact) mass is 443 g/mol. The summed E-state index contributed by atoms with van der Waals surface area (Å²) in [5.74, 6) is 0.324. The van der Waals surface area contributed by atoms with Gasteiger partial charge in [-0.1, -0.05) is 12.1 Å². The maximum Gasteiger partial charge on any atom is 0.233 e. The predicted octanol–water partition coefficient (Wildman–Crippen LogP) is 5.36. The van der Waals surface area contributed by atoms with Crippen LogP contribution >= 0.6 is 11.3 Å². The number of thiophene rings is 1. The van der Waals surface area contributed by atoms with Gasteiger partial charge in [-0.15, -0.1) is 0 Å². The lowest BCUT2D eigenvalue weighted by atomic mass is 10.0. The van der Waals surface area contributed by atoms with Crippen LogP contribution in [0.4, 0.5) is 5.69 Å². The van der Waals surface area contributed by atoms with Crippen LogP contribution in [-0.4, -0.2) is 31.3 Å². The fourth-order valence-electron chi connectivity index (χ4n) is 3.72. The van der Waals surface area contributed by atoms with Crippen LogP contribution in [0.2, 0.25) is 0 Å². The summed E-state index contributed by atoms with van der Waals surface area (Å²) in [5, 5.41) is 13.9. The molecule has 5 rings (SSSR count). The number of nitriles is 1. The predicted molar refractivity (Wildman–Crippen MR) is 124 cm³/mol. The molecule has 4 aromatic rings. The second-order valence-electron chi connectivity index (χ2n) is 7.43. The van der Waals surface area contributed by atoms with Gasteiger partial charge in [-0.3, -0.25) is 0 Å². The maximum atomic E-state index is 9.88. The molecule has 160 valence electrons. The molecule has 0 atom stereocenters. The van der Waals surface area contributed by atoms with E-state index in [0.29, 0.717) is 18.1 Å². The van der Waals surface area contributed by atoms with E-state index < -0.39 is 0 Å². The first-order chi connectivity index (χ1) is 15.8. The summed E-state index contributed by atoms with van der Waals surface area (Å²) in [5.41, 5.74) is 5.86. The molecule has 0 N–H and O–H groups in total. The Morgan fingerprint density at radius 1 is 1.09 bits per heavy atom. The standard InChI is InChI=1S/C25H21N3O3S/c26-14-23-22(20-5-9-30-16-20)13-24(27-25(23)31-15-18-6-12-32-17-18)19-1-3-21(4-2-19)28-7-10-29-11-8-28/h1-6,9,12-13,16-17H,7-8,10-11,15H2. The van der Waals surface area contributed by atoms with Crippen LogP contribution < -0.4 is 9.64 Å². The van der Waals surface area contributed by atoms with E-state index in [1.54, 1.807) is 23.9 Å². The number of furan rings is 1. The van der Waals surface area contributed by atoms with E-state index >= 15 is 0 Å². The zero-order valence-corrected chi connectivity index (χ0v) is 18.2. The van der Waals surface area contributed by atoms with Crippen LogP contribution in [0.5, 0.6) is 5.88 Å². The van der Waals surface area contributed by atoms with Gasteiger partial charge in [0, 0.05) is 41.0 Å². The molecule has 32 heavy (non-hydrogen) atoms. The van der Waals surface area contributed by atoms with Crippen molar-refractivity contribution in [2.24, 2.45) is 0 Å². The first-order valence-corrected chi connectivity index (χ1v) is 11.3. The van der Waals surface area contributed by atoms with Crippen LogP contribution in [0.1, 0.15) is 11.1 Å². The van der Waals surface area contributed by atoms with E-state index in [4.69, 9.17) is 18.9 Å². The number of aromatic nitrogens is 1. The Morgan fingerprint density at radius 3 is 2.62 bits per heavy atom. The minimum absolute atomic E-state index is 0.324. The van der Waals surface area contributed by atoms with Crippen molar-refractivity contribution in [3.05, 3.63) is 76.9 Å². The Labute approximate surface area is 190 Å². The lowest BCUT2D eigenvalue weighted by molar-refractivity contribution is 0.122. The van der Waals surface area contributed by atoms with Crippen molar-refractivity contribution in [2.75, 3.05) is 31.2 Å². The van der Waals surface area contributed by atoms with E-state index in [9.17, 15) is 5.26 Å². The number of pyridine rings is 1. The number of benzene rings is 1. The fraction of sp³-hybridized carbons (Fsp3) is 0.200. The van der Waals surface area contributed by atoms with Crippen molar-refractivity contribution in [1.82, 2.24) is 4.98 Å². The number of hydrogen-bond donors (Lipinski definition) is 0. The molecule has 0 amide bonds. The zero-order valence-electron chi connectivity index (χ0n) is 17.4. The Hall–Kier alpha value is -3.60. The van der Waals surface area contributed by atoms with E-state index in [0.717, 1.165) is 59.9 Å². The molecule has 0 radical (unpaired) electrons. The number of nitrogens with zero attached hydrogens (tertiary/aromatic N) is 3. The molecular formula is C25H21N3O3S. The number of morpholine rings is 1. The van der Waals surface area contributed by atoms with Crippen molar-refractivity contribution in [3.63, 3.8) is 0 Å². The van der Waals surface area contributed by atoms with Gasteiger partial charge >= 0.3 is 0 Å². The van der Waals surface area contributed by atoms with Gasteiger partial charge in [0.2, 0.25) is 5.88 Å². The topological polar surface area (TPSA) is 71.5 Å². The number of hydrogen-bond acceptors (Lipinski definition) is 7. The number of ether oxygens (including phenoxy) is 2. The second-order valence-corrected chi connectivity index (χ2v) is 8.21. The van der Waals surface area contributed by atoms with Gasteiger partial charge in [-0.05, 0) is 41.1 Å². The molecule has 1 fully saturated rings. The largest absolute Gasteiger partial charge is 0.472 e. The van der Waals surface area contributed by atoms with Gasteiger partial charge in [0.05, 0.1) is 31.4 Å². The summed E-state index contributed by atoms with van der Waals surface area (Å²) >= 11 is 1.61. The van der Waals surface area contributed by atoms with Gasteiger partial charge in [-0.2, -0.15) is 16.6 Å². The molecule has 3 aromatic heterocycles. The SMILES string of the molecule is N#Cc1c(-c2ccoc2)cc(-c2ccc(N3CCOCC3)cc2)nc1OCc1ccsc1. The smallest absolute Gasteiger partial charge is 0.233 e. The summed E-state index contributed by atoms with van der Waals surface area (Å²) in [6.07, 6.45) is 3.23. The molecule has 0 spiro atoms. The Balaban J connectivity index is 1.51. The van der Waals surface area contributed by atoms with Gasteiger partial charge in [-0.25, -0.2) is 4.98 Å². The molecule has 1 aliphatic heterocycles. The maximum absolute atomic E-state index is 9.88. The third kappa shape index (κ3) is 4.24. The van der Waals surface area contributed by atoms with Crippen molar-refractivity contribution >= 4 is 17.0 Å². The molecular weight excluding hydrogens is 422 g/mol. The van der Waals surface area contributed by atoms with Crippen molar-refractivity contribution in [2.45, 2.75) is 6.61 Å². The van der Waals surface area contributed by atoms with Gasteiger partial charge in [0.1, 0.15) is 18.2 Å². The Bertz CT molecular complexity index is 1210. The van der Waals surface area contributed by atoms with Gasteiger partial charge < -0.3 is 18.8 Å². The highest BCUT2D eigenvalue weighted by Gasteiger charge is 2.18. The molecule has 0 aliphatic carbocycles. The van der Waals surface area contributed by atoms with Crippen molar-refractivity contribution < 1.29 is 13.9 Å². The van der Waals surface area contributed by atoms with Crippen molar-refractivity contribution in [3.8, 4) is 34.3 Å². The molecule has 0 saturated carbocycles. The summed E-state index contributed by atoms with van der Waals surface area (Å²) in [6.45, 7) is 3.63. The van der Waals surface area contributed by atoms with E-state index in [2.05, 4.69) is 35.2 Å². The lowest BCUT2D eigenvalue weighted by Crippen LogP contribution is -2.36. The van der Waals surface area contributed by atoms with E-state index in [-0.39, 0.29) is 0 Å². The molecule has 6 nitrogen and oxygen atoms in total. The molecule has 1 saturated heterocycles. The Morgan fingerprint density at radius 2 is 1.94 bits per heavy atom. The third-order valence-corrected chi connectivity index (χ3v) is 6.16. The van der Waals surface area contributed by atoms with Crippen LogP contribution in [0.3, 0.4) is 0 Å².